The Hall–Kier alpha value is -3.29. The maximum Gasteiger partial charge on any atom is 0.251 e. The van der Waals surface area contributed by atoms with Crippen LogP contribution in [0.5, 0.6) is 11.5 Å². The van der Waals surface area contributed by atoms with E-state index in [1.807, 2.05) is 18.2 Å². The maximum atomic E-state index is 13.6. The standard InChI is InChI=1S/C21H27FN4O3/c1-14-5-6-15(11-18(14)22)20(27)24-9-10-25-21(23-2)26-13-16-7-8-17(28-3)12-19(16)29-4/h5-8,11-12H,9-10,13H2,1-4H3,(H,24,27)(H2,23,25,26). The van der Waals surface area contributed by atoms with Crippen molar-refractivity contribution in [2.75, 3.05) is 34.4 Å². The number of guanidine groups is 1. The fraction of sp³-hybridized carbons (Fsp3) is 0.333. The van der Waals surface area contributed by atoms with Gasteiger partial charge >= 0.3 is 0 Å². The second-order valence-electron chi connectivity index (χ2n) is 6.25. The van der Waals surface area contributed by atoms with Gasteiger partial charge in [0.05, 0.1) is 14.2 Å². The van der Waals surface area contributed by atoms with E-state index in [9.17, 15) is 9.18 Å². The second-order valence-corrected chi connectivity index (χ2v) is 6.25. The number of ether oxygens (including phenoxy) is 2. The van der Waals surface area contributed by atoms with E-state index in [-0.39, 0.29) is 5.91 Å². The quantitative estimate of drug-likeness (QED) is 0.358. The van der Waals surface area contributed by atoms with Gasteiger partial charge in [0.1, 0.15) is 17.3 Å². The monoisotopic (exact) mass is 402 g/mol. The van der Waals surface area contributed by atoms with Crippen LogP contribution in [0.3, 0.4) is 0 Å². The normalized spacial score (nSPS) is 11.0. The highest BCUT2D eigenvalue weighted by molar-refractivity contribution is 5.94. The van der Waals surface area contributed by atoms with Crippen LogP contribution in [0.4, 0.5) is 4.39 Å². The Morgan fingerprint density at radius 2 is 1.79 bits per heavy atom. The number of aryl methyl sites for hydroxylation is 1. The highest BCUT2D eigenvalue weighted by Gasteiger charge is 2.08. The van der Waals surface area contributed by atoms with E-state index in [0.717, 1.165) is 11.3 Å². The summed E-state index contributed by atoms with van der Waals surface area (Å²) in [5, 5.41) is 9.04. The molecule has 0 radical (unpaired) electrons. The summed E-state index contributed by atoms with van der Waals surface area (Å²) in [5.74, 6) is 1.30. The lowest BCUT2D eigenvalue weighted by Crippen LogP contribution is -2.41. The van der Waals surface area contributed by atoms with Crippen molar-refractivity contribution in [3.05, 3.63) is 58.9 Å². The molecule has 156 valence electrons. The van der Waals surface area contributed by atoms with Crippen LogP contribution in [0.1, 0.15) is 21.5 Å². The molecule has 0 aromatic heterocycles. The van der Waals surface area contributed by atoms with Crippen LogP contribution in [0.15, 0.2) is 41.4 Å². The van der Waals surface area contributed by atoms with E-state index >= 15 is 0 Å². The number of hydrogen-bond acceptors (Lipinski definition) is 4. The largest absolute Gasteiger partial charge is 0.497 e. The maximum absolute atomic E-state index is 13.6. The van der Waals surface area contributed by atoms with Crippen LogP contribution < -0.4 is 25.4 Å². The van der Waals surface area contributed by atoms with Crippen molar-refractivity contribution in [1.29, 1.82) is 0 Å². The minimum Gasteiger partial charge on any atom is -0.497 e. The summed E-state index contributed by atoms with van der Waals surface area (Å²) in [6.07, 6.45) is 0. The van der Waals surface area contributed by atoms with E-state index in [2.05, 4.69) is 20.9 Å². The summed E-state index contributed by atoms with van der Waals surface area (Å²) < 4.78 is 24.1. The fourth-order valence-electron chi connectivity index (χ4n) is 2.59. The summed E-state index contributed by atoms with van der Waals surface area (Å²) in [6, 6.07) is 10.0. The molecule has 0 fully saturated rings. The molecule has 0 saturated carbocycles. The SMILES string of the molecule is CN=C(NCCNC(=O)c1ccc(C)c(F)c1)NCc1ccc(OC)cc1OC. The van der Waals surface area contributed by atoms with Crippen molar-refractivity contribution >= 4 is 11.9 Å². The summed E-state index contributed by atoms with van der Waals surface area (Å²) in [7, 11) is 4.87. The second kappa shape index (κ2) is 10.9. The molecule has 29 heavy (non-hydrogen) atoms. The van der Waals surface area contributed by atoms with Crippen LogP contribution in [0, 0.1) is 12.7 Å². The molecule has 1 amide bonds. The number of carbonyl (C=O) groups excluding carboxylic acids is 1. The van der Waals surface area contributed by atoms with Gasteiger partial charge in [-0.2, -0.15) is 0 Å². The van der Waals surface area contributed by atoms with Gasteiger partial charge in [0.2, 0.25) is 0 Å². The van der Waals surface area contributed by atoms with E-state index in [0.29, 0.717) is 42.5 Å². The Bertz CT molecular complexity index is 871. The highest BCUT2D eigenvalue weighted by atomic mass is 19.1. The van der Waals surface area contributed by atoms with Crippen molar-refractivity contribution < 1.29 is 18.7 Å². The third-order valence-corrected chi connectivity index (χ3v) is 4.30. The van der Waals surface area contributed by atoms with Gasteiger partial charge in [-0.15, -0.1) is 0 Å². The van der Waals surface area contributed by atoms with E-state index < -0.39 is 5.82 Å². The van der Waals surface area contributed by atoms with Crippen molar-refractivity contribution in [3.8, 4) is 11.5 Å². The number of benzene rings is 2. The van der Waals surface area contributed by atoms with Gasteiger partial charge in [0.25, 0.3) is 5.91 Å². The molecule has 0 aliphatic rings. The molecular formula is C21H27FN4O3. The average Bonchev–Trinajstić information content (AvgIpc) is 2.74. The zero-order valence-corrected chi connectivity index (χ0v) is 17.1. The molecule has 0 atom stereocenters. The minimum absolute atomic E-state index is 0.294. The summed E-state index contributed by atoms with van der Waals surface area (Å²) in [5.41, 5.74) is 1.75. The fourth-order valence-corrected chi connectivity index (χ4v) is 2.59. The molecule has 0 heterocycles. The molecule has 0 unspecified atom stereocenters. The Morgan fingerprint density at radius 1 is 1.03 bits per heavy atom. The smallest absolute Gasteiger partial charge is 0.251 e. The van der Waals surface area contributed by atoms with Crippen LogP contribution in [-0.2, 0) is 6.54 Å². The first kappa shape index (κ1) is 22.0. The highest BCUT2D eigenvalue weighted by Crippen LogP contribution is 2.24. The average molecular weight is 402 g/mol. The zero-order chi connectivity index (χ0) is 21.2. The van der Waals surface area contributed by atoms with Gasteiger partial charge in [-0.25, -0.2) is 4.39 Å². The third kappa shape index (κ3) is 6.38. The van der Waals surface area contributed by atoms with Gasteiger partial charge in [0, 0.05) is 43.9 Å². The van der Waals surface area contributed by atoms with Gasteiger partial charge in [-0.1, -0.05) is 6.07 Å². The Balaban J connectivity index is 1.79. The van der Waals surface area contributed by atoms with Crippen molar-refractivity contribution in [2.24, 2.45) is 4.99 Å². The first-order valence-electron chi connectivity index (χ1n) is 9.18. The van der Waals surface area contributed by atoms with Crippen LogP contribution >= 0.6 is 0 Å². The molecule has 7 nitrogen and oxygen atoms in total. The number of amides is 1. The number of methoxy groups -OCH3 is 2. The molecule has 2 aromatic carbocycles. The molecule has 8 heteroatoms. The molecule has 0 aliphatic carbocycles. The van der Waals surface area contributed by atoms with Gasteiger partial charge in [0.15, 0.2) is 5.96 Å². The molecule has 0 spiro atoms. The first-order chi connectivity index (χ1) is 14.0. The number of nitrogens with one attached hydrogen (secondary N) is 3. The Morgan fingerprint density at radius 3 is 2.45 bits per heavy atom. The molecule has 0 bridgehead atoms. The summed E-state index contributed by atoms with van der Waals surface area (Å²) >= 11 is 0. The first-order valence-corrected chi connectivity index (χ1v) is 9.18. The van der Waals surface area contributed by atoms with E-state index in [4.69, 9.17) is 9.47 Å². The molecule has 2 aromatic rings. The summed E-state index contributed by atoms with van der Waals surface area (Å²) in [6.45, 7) is 2.98. The van der Waals surface area contributed by atoms with Crippen LogP contribution in [-0.4, -0.2) is 46.2 Å². The summed E-state index contributed by atoms with van der Waals surface area (Å²) in [4.78, 5) is 16.2. The number of nitrogens with zero attached hydrogens (tertiary/aromatic N) is 1. The molecule has 2 rings (SSSR count). The Labute approximate surface area is 170 Å². The number of hydrogen-bond donors (Lipinski definition) is 3. The third-order valence-electron chi connectivity index (χ3n) is 4.30. The van der Waals surface area contributed by atoms with Gasteiger partial charge < -0.3 is 25.4 Å². The molecule has 0 saturated heterocycles. The van der Waals surface area contributed by atoms with Crippen molar-refractivity contribution in [2.45, 2.75) is 13.5 Å². The molecular weight excluding hydrogens is 375 g/mol. The van der Waals surface area contributed by atoms with E-state index in [1.54, 1.807) is 40.3 Å². The number of halogens is 1. The minimum atomic E-state index is -0.394. The lowest BCUT2D eigenvalue weighted by atomic mass is 10.1. The number of carbonyl (C=O) groups is 1. The van der Waals surface area contributed by atoms with Crippen LogP contribution in [0.2, 0.25) is 0 Å². The predicted octanol–water partition coefficient (Wildman–Crippen LogP) is 2.25. The lowest BCUT2D eigenvalue weighted by molar-refractivity contribution is 0.0954. The Kier molecular flexibility index (Phi) is 8.27. The number of rotatable bonds is 8. The van der Waals surface area contributed by atoms with Crippen LogP contribution in [0.25, 0.3) is 0 Å². The molecule has 0 aliphatic heterocycles. The number of aliphatic imine (C=N–C) groups is 1. The van der Waals surface area contributed by atoms with Gasteiger partial charge in [-0.3, -0.25) is 9.79 Å². The van der Waals surface area contributed by atoms with E-state index in [1.165, 1.54) is 6.07 Å². The van der Waals surface area contributed by atoms with Crippen molar-refractivity contribution in [3.63, 3.8) is 0 Å². The van der Waals surface area contributed by atoms with Crippen molar-refractivity contribution in [1.82, 2.24) is 16.0 Å². The topological polar surface area (TPSA) is 84.0 Å². The predicted molar refractivity (Wildman–Crippen MR) is 111 cm³/mol. The molecule has 3 N–H and O–H groups in total. The lowest BCUT2D eigenvalue weighted by Gasteiger charge is -2.14. The van der Waals surface area contributed by atoms with Gasteiger partial charge in [-0.05, 0) is 36.8 Å². The zero-order valence-electron chi connectivity index (χ0n) is 17.1.